The van der Waals surface area contributed by atoms with Crippen molar-refractivity contribution in [3.05, 3.63) is 93.7 Å². The van der Waals surface area contributed by atoms with Gasteiger partial charge in [0.15, 0.2) is 0 Å². The maximum Gasteiger partial charge on any atom is 0.242 e. The molecule has 2 aromatic carbocycles. The minimum absolute atomic E-state index is 0.147. The highest BCUT2D eigenvalue weighted by molar-refractivity contribution is 6.42. The third-order valence-electron chi connectivity index (χ3n) is 5.25. The van der Waals surface area contributed by atoms with Gasteiger partial charge in [0.2, 0.25) is 5.91 Å². The molecule has 1 amide bonds. The average Bonchev–Trinajstić information content (AvgIpc) is 3.12. The zero-order valence-corrected chi connectivity index (χ0v) is 18.9. The van der Waals surface area contributed by atoms with Crippen molar-refractivity contribution in [2.75, 3.05) is 6.54 Å². The molecule has 5 nitrogen and oxygen atoms in total. The van der Waals surface area contributed by atoms with Gasteiger partial charge in [-0.05, 0) is 48.9 Å². The number of amides is 1. The van der Waals surface area contributed by atoms with Crippen molar-refractivity contribution >= 4 is 40.1 Å². The van der Waals surface area contributed by atoms with Gasteiger partial charge in [-0.2, -0.15) is 0 Å². The molecule has 4 rings (SSSR count). The van der Waals surface area contributed by atoms with Crippen molar-refractivity contribution in [1.82, 2.24) is 19.9 Å². The fourth-order valence-corrected chi connectivity index (χ4v) is 3.92. The van der Waals surface area contributed by atoms with Gasteiger partial charge in [0, 0.05) is 31.3 Å². The number of aromatic nitrogens is 3. The van der Waals surface area contributed by atoms with Crippen LogP contribution >= 0.6 is 23.2 Å². The first-order valence-electron chi connectivity index (χ1n) is 10.2. The van der Waals surface area contributed by atoms with Gasteiger partial charge in [0.25, 0.3) is 0 Å². The van der Waals surface area contributed by atoms with Crippen molar-refractivity contribution in [2.24, 2.45) is 0 Å². The van der Waals surface area contributed by atoms with Gasteiger partial charge in [0.1, 0.15) is 17.7 Å². The second-order valence-corrected chi connectivity index (χ2v) is 8.31. The lowest BCUT2D eigenvalue weighted by molar-refractivity contribution is -0.123. The number of imidazole rings is 1. The minimum Gasteiger partial charge on any atom is -0.354 e. The van der Waals surface area contributed by atoms with Crippen LogP contribution in [0.15, 0.2) is 60.8 Å². The van der Waals surface area contributed by atoms with E-state index in [-0.39, 0.29) is 11.7 Å². The number of benzene rings is 2. The van der Waals surface area contributed by atoms with Crippen molar-refractivity contribution in [2.45, 2.75) is 25.8 Å². The summed E-state index contributed by atoms with van der Waals surface area (Å²) in [6.45, 7) is 2.28. The van der Waals surface area contributed by atoms with E-state index in [9.17, 15) is 9.18 Å². The third kappa shape index (κ3) is 4.92. The molecule has 164 valence electrons. The summed E-state index contributed by atoms with van der Waals surface area (Å²) in [6.07, 6.45) is 2.79. The number of hydrogen-bond acceptors (Lipinski definition) is 3. The predicted octanol–water partition coefficient (Wildman–Crippen LogP) is 5.39. The van der Waals surface area contributed by atoms with Crippen LogP contribution in [0.25, 0.3) is 11.0 Å². The Morgan fingerprint density at radius 3 is 2.59 bits per heavy atom. The minimum atomic E-state index is -0.545. The molecule has 0 aliphatic carbocycles. The number of carbonyl (C=O) groups excluding carboxylic acids is 1. The highest BCUT2D eigenvalue weighted by Gasteiger charge is 2.22. The summed E-state index contributed by atoms with van der Waals surface area (Å²) in [5.41, 5.74) is 3.14. The molecular weight excluding hydrogens is 450 g/mol. The Hall–Kier alpha value is -2.96. The molecule has 0 aliphatic heterocycles. The molecular formula is C24H21Cl2FN4O. The van der Waals surface area contributed by atoms with Crippen LogP contribution in [-0.4, -0.2) is 27.0 Å². The fourth-order valence-electron chi connectivity index (χ4n) is 3.61. The summed E-state index contributed by atoms with van der Waals surface area (Å²) >= 11 is 12.4. The zero-order chi connectivity index (χ0) is 22.7. The van der Waals surface area contributed by atoms with Gasteiger partial charge >= 0.3 is 0 Å². The number of nitrogens with one attached hydrogen (secondary N) is 1. The zero-order valence-electron chi connectivity index (χ0n) is 17.4. The van der Waals surface area contributed by atoms with Crippen LogP contribution in [0.1, 0.15) is 30.0 Å². The van der Waals surface area contributed by atoms with Gasteiger partial charge in [-0.3, -0.25) is 9.78 Å². The highest BCUT2D eigenvalue weighted by Crippen LogP contribution is 2.31. The number of nitrogens with zero attached hydrogens (tertiary/aromatic N) is 3. The first-order chi connectivity index (χ1) is 15.4. The lowest BCUT2D eigenvalue weighted by atomic mass is 10.1. The Balaban J connectivity index is 1.61. The Labute approximate surface area is 195 Å². The van der Waals surface area contributed by atoms with Crippen LogP contribution in [0.5, 0.6) is 0 Å². The molecule has 0 saturated carbocycles. The quantitative estimate of drug-likeness (QED) is 0.393. The van der Waals surface area contributed by atoms with E-state index >= 15 is 0 Å². The molecule has 32 heavy (non-hydrogen) atoms. The van der Waals surface area contributed by atoms with Crippen LogP contribution in [0.3, 0.4) is 0 Å². The Bertz CT molecular complexity index is 1240. The molecule has 0 radical (unpaired) electrons. The SMILES string of the molecule is C[C@@H](C(=O)NCCc1ccccn1)n1c(Cc2ccc(F)cc2)nc2cc(Cl)c(Cl)cc21. The Morgan fingerprint density at radius 2 is 1.88 bits per heavy atom. The normalized spacial score (nSPS) is 12.1. The Kier molecular flexibility index (Phi) is 6.72. The van der Waals surface area contributed by atoms with Crippen molar-refractivity contribution < 1.29 is 9.18 Å². The molecule has 8 heteroatoms. The molecule has 2 aromatic heterocycles. The number of rotatable bonds is 7. The second-order valence-electron chi connectivity index (χ2n) is 7.49. The molecule has 0 unspecified atom stereocenters. The maximum atomic E-state index is 13.3. The van der Waals surface area contributed by atoms with E-state index in [0.717, 1.165) is 11.3 Å². The monoisotopic (exact) mass is 470 g/mol. The van der Waals surface area contributed by atoms with Crippen LogP contribution < -0.4 is 5.32 Å². The maximum absolute atomic E-state index is 13.3. The van der Waals surface area contributed by atoms with E-state index in [2.05, 4.69) is 10.3 Å². The summed E-state index contributed by atoms with van der Waals surface area (Å²) in [7, 11) is 0. The van der Waals surface area contributed by atoms with Crippen LogP contribution in [0.4, 0.5) is 4.39 Å². The Morgan fingerprint density at radius 1 is 1.12 bits per heavy atom. The lowest BCUT2D eigenvalue weighted by Gasteiger charge is -2.18. The average molecular weight is 471 g/mol. The van der Waals surface area contributed by atoms with E-state index in [1.54, 1.807) is 30.5 Å². The summed E-state index contributed by atoms with van der Waals surface area (Å²) in [5, 5.41) is 3.75. The van der Waals surface area contributed by atoms with Gasteiger partial charge in [-0.15, -0.1) is 0 Å². The summed E-state index contributed by atoms with van der Waals surface area (Å²) in [5.74, 6) is 0.213. The van der Waals surface area contributed by atoms with Crippen LogP contribution in [0, 0.1) is 5.82 Å². The van der Waals surface area contributed by atoms with Crippen molar-refractivity contribution in [3.8, 4) is 0 Å². The molecule has 0 saturated heterocycles. The fraction of sp³-hybridized carbons (Fsp3) is 0.208. The topological polar surface area (TPSA) is 59.8 Å². The van der Waals surface area contributed by atoms with Crippen LogP contribution in [-0.2, 0) is 17.6 Å². The van der Waals surface area contributed by atoms with E-state index < -0.39 is 6.04 Å². The molecule has 1 N–H and O–H groups in total. The van der Waals surface area contributed by atoms with Crippen molar-refractivity contribution in [1.29, 1.82) is 0 Å². The first kappa shape index (κ1) is 22.2. The predicted molar refractivity (Wildman–Crippen MR) is 125 cm³/mol. The lowest BCUT2D eigenvalue weighted by Crippen LogP contribution is -2.33. The van der Waals surface area contributed by atoms with Crippen molar-refractivity contribution in [3.63, 3.8) is 0 Å². The number of carbonyl (C=O) groups is 1. The molecule has 4 aromatic rings. The molecule has 2 heterocycles. The van der Waals surface area contributed by atoms with Gasteiger partial charge in [-0.1, -0.05) is 41.4 Å². The molecule has 1 atom stereocenters. The van der Waals surface area contributed by atoms with Crippen LogP contribution in [0.2, 0.25) is 10.0 Å². The number of hydrogen-bond donors (Lipinski definition) is 1. The van der Waals surface area contributed by atoms with Gasteiger partial charge in [-0.25, -0.2) is 9.37 Å². The number of fused-ring (bicyclic) bond motifs is 1. The smallest absolute Gasteiger partial charge is 0.242 e. The van der Waals surface area contributed by atoms with Gasteiger partial charge in [0.05, 0.1) is 21.1 Å². The third-order valence-corrected chi connectivity index (χ3v) is 5.98. The number of halogens is 3. The van der Waals surface area contributed by atoms with E-state index in [1.165, 1.54) is 12.1 Å². The highest BCUT2D eigenvalue weighted by atomic mass is 35.5. The van der Waals surface area contributed by atoms with E-state index in [0.29, 0.717) is 46.3 Å². The molecule has 0 fully saturated rings. The van der Waals surface area contributed by atoms with E-state index in [4.69, 9.17) is 28.2 Å². The van der Waals surface area contributed by atoms with Gasteiger partial charge < -0.3 is 9.88 Å². The number of pyridine rings is 1. The molecule has 0 bridgehead atoms. The first-order valence-corrected chi connectivity index (χ1v) is 11.0. The largest absolute Gasteiger partial charge is 0.354 e. The second kappa shape index (κ2) is 9.67. The molecule has 0 spiro atoms. The standard InChI is InChI=1S/C24H21Cl2FN4O/c1-15(24(32)29-11-9-18-4-2-3-10-28-18)31-22-14-20(26)19(25)13-21(22)30-23(31)12-16-5-7-17(27)8-6-16/h2-8,10,13-15H,9,11-12H2,1H3,(H,29,32)/t15-/m0/s1. The van der Waals surface area contributed by atoms with E-state index in [1.807, 2.05) is 29.7 Å². The summed E-state index contributed by atoms with van der Waals surface area (Å²) in [4.78, 5) is 22.0. The molecule has 0 aliphatic rings. The summed E-state index contributed by atoms with van der Waals surface area (Å²) < 4.78 is 15.2. The summed E-state index contributed by atoms with van der Waals surface area (Å²) in [6, 6.07) is 14.8.